The van der Waals surface area contributed by atoms with Gasteiger partial charge in [0.05, 0.1) is 17.8 Å². The van der Waals surface area contributed by atoms with E-state index in [4.69, 9.17) is 0 Å². The van der Waals surface area contributed by atoms with Gasteiger partial charge in [0.1, 0.15) is 12.1 Å². The van der Waals surface area contributed by atoms with Crippen molar-refractivity contribution in [2.45, 2.75) is 32.5 Å². The highest BCUT2D eigenvalue weighted by Crippen LogP contribution is 2.34. The molecule has 158 valence electrons. The van der Waals surface area contributed by atoms with Crippen molar-refractivity contribution in [2.75, 3.05) is 25.0 Å². The summed E-state index contributed by atoms with van der Waals surface area (Å²) in [6.07, 6.45) is -4.65. The van der Waals surface area contributed by atoms with E-state index in [9.17, 15) is 32.3 Å². The maximum Gasteiger partial charge on any atom is 0.418 e. The summed E-state index contributed by atoms with van der Waals surface area (Å²) >= 11 is 0. The number of rotatable bonds is 6. The fourth-order valence-electron chi connectivity index (χ4n) is 2.78. The van der Waals surface area contributed by atoms with E-state index in [0.717, 1.165) is 21.9 Å². The SMILES string of the molecule is CCN(CC(=O)Nc1ccccc1C(F)(F)F)C(=O)CN1C(=O)NC(C)(C)C1=O. The van der Waals surface area contributed by atoms with Crippen LogP contribution in [0, 0.1) is 0 Å². The van der Waals surface area contributed by atoms with Gasteiger partial charge in [0.25, 0.3) is 5.91 Å². The molecule has 2 N–H and O–H groups in total. The molecule has 11 heteroatoms. The molecular formula is C18H21F3N4O4. The van der Waals surface area contributed by atoms with Gasteiger partial charge in [-0.2, -0.15) is 13.2 Å². The number of nitrogens with zero attached hydrogens (tertiary/aromatic N) is 2. The van der Waals surface area contributed by atoms with E-state index in [1.165, 1.54) is 26.0 Å². The maximum absolute atomic E-state index is 13.0. The summed E-state index contributed by atoms with van der Waals surface area (Å²) in [5.74, 6) is -2.11. The minimum absolute atomic E-state index is 0.0558. The van der Waals surface area contributed by atoms with Crippen LogP contribution in [0.2, 0.25) is 0 Å². The Balaban J connectivity index is 2.05. The molecule has 0 aromatic heterocycles. The van der Waals surface area contributed by atoms with Gasteiger partial charge in [-0.15, -0.1) is 0 Å². The summed E-state index contributed by atoms with van der Waals surface area (Å²) in [6.45, 7) is 3.48. The normalized spacial score (nSPS) is 15.9. The van der Waals surface area contributed by atoms with Gasteiger partial charge in [-0.1, -0.05) is 12.1 Å². The fraction of sp³-hybridized carbons (Fsp3) is 0.444. The van der Waals surface area contributed by atoms with Crippen LogP contribution in [0.1, 0.15) is 26.3 Å². The zero-order valence-corrected chi connectivity index (χ0v) is 16.1. The molecule has 1 aromatic rings. The van der Waals surface area contributed by atoms with Crippen molar-refractivity contribution in [3.8, 4) is 0 Å². The van der Waals surface area contributed by atoms with Crippen LogP contribution in [0.5, 0.6) is 0 Å². The Hall–Kier alpha value is -3.11. The number of urea groups is 1. The number of anilines is 1. The summed E-state index contributed by atoms with van der Waals surface area (Å²) in [5.41, 5.74) is -2.58. The van der Waals surface area contributed by atoms with E-state index in [2.05, 4.69) is 10.6 Å². The summed E-state index contributed by atoms with van der Waals surface area (Å²) < 4.78 is 39.1. The third kappa shape index (κ3) is 5.04. The molecule has 0 radical (unpaired) electrons. The zero-order valence-electron chi connectivity index (χ0n) is 16.1. The first-order valence-corrected chi connectivity index (χ1v) is 8.74. The van der Waals surface area contributed by atoms with Crippen molar-refractivity contribution in [3.63, 3.8) is 0 Å². The number of likely N-dealkylation sites (N-methyl/N-ethyl adjacent to an activating group) is 1. The number of hydrogen-bond donors (Lipinski definition) is 2. The van der Waals surface area contributed by atoms with Gasteiger partial charge in [0.2, 0.25) is 11.8 Å². The molecule has 0 aliphatic carbocycles. The monoisotopic (exact) mass is 414 g/mol. The summed E-state index contributed by atoms with van der Waals surface area (Å²) in [7, 11) is 0. The molecular weight excluding hydrogens is 393 g/mol. The van der Waals surface area contributed by atoms with E-state index in [1.54, 1.807) is 6.92 Å². The molecule has 1 aliphatic rings. The Morgan fingerprint density at radius 3 is 2.34 bits per heavy atom. The number of benzene rings is 1. The molecule has 1 fully saturated rings. The molecule has 5 amide bonds. The van der Waals surface area contributed by atoms with E-state index in [0.29, 0.717) is 0 Å². The number of imide groups is 1. The molecule has 0 unspecified atom stereocenters. The Morgan fingerprint density at radius 2 is 1.83 bits per heavy atom. The second kappa shape index (κ2) is 8.10. The fourth-order valence-corrected chi connectivity index (χ4v) is 2.78. The summed E-state index contributed by atoms with van der Waals surface area (Å²) in [6, 6.07) is 3.74. The van der Waals surface area contributed by atoms with Crippen molar-refractivity contribution >= 4 is 29.4 Å². The van der Waals surface area contributed by atoms with Gasteiger partial charge in [-0.3, -0.25) is 19.3 Å². The van der Waals surface area contributed by atoms with Crippen molar-refractivity contribution < 1.29 is 32.3 Å². The van der Waals surface area contributed by atoms with Crippen molar-refractivity contribution in [3.05, 3.63) is 29.8 Å². The first-order valence-electron chi connectivity index (χ1n) is 8.74. The quantitative estimate of drug-likeness (QED) is 0.694. The first kappa shape index (κ1) is 22.2. The van der Waals surface area contributed by atoms with Crippen LogP contribution in [-0.4, -0.2) is 58.7 Å². The number of carbonyl (C=O) groups excluding carboxylic acids is 4. The predicted molar refractivity (Wildman–Crippen MR) is 96.7 cm³/mol. The number of alkyl halides is 3. The van der Waals surface area contributed by atoms with Crippen LogP contribution in [0.3, 0.4) is 0 Å². The Morgan fingerprint density at radius 1 is 1.21 bits per heavy atom. The number of nitrogens with one attached hydrogen (secondary N) is 2. The third-order valence-corrected chi connectivity index (χ3v) is 4.31. The van der Waals surface area contributed by atoms with Crippen LogP contribution in [-0.2, 0) is 20.6 Å². The van der Waals surface area contributed by atoms with Crippen molar-refractivity contribution in [1.82, 2.24) is 15.1 Å². The largest absolute Gasteiger partial charge is 0.418 e. The minimum Gasteiger partial charge on any atom is -0.332 e. The molecule has 0 bridgehead atoms. The molecule has 1 heterocycles. The van der Waals surface area contributed by atoms with Gasteiger partial charge in [0, 0.05) is 6.54 Å². The second-order valence-corrected chi connectivity index (χ2v) is 6.95. The molecule has 8 nitrogen and oxygen atoms in total. The van der Waals surface area contributed by atoms with Crippen LogP contribution in [0.25, 0.3) is 0 Å². The molecule has 1 saturated heterocycles. The topological polar surface area (TPSA) is 98.8 Å². The molecule has 29 heavy (non-hydrogen) atoms. The Labute approximate surface area is 165 Å². The molecule has 1 aliphatic heterocycles. The first-order chi connectivity index (χ1) is 13.4. The maximum atomic E-state index is 13.0. The lowest BCUT2D eigenvalue weighted by Crippen LogP contribution is -2.46. The molecule has 2 rings (SSSR count). The van der Waals surface area contributed by atoms with Gasteiger partial charge < -0.3 is 15.5 Å². The lowest BCUT2D eigenvalue weighted by Gasteiger charge is -2.23. The van der Waals surface area contributed by atoms with E-state index in [1.807, 2.05) is 0 Å². The average Bonchev–Trinajstić information content (AvgIpc) is 2.80. The van der Waals surface area contributed by atoms with Gasteiger partial charge >= 0.3 is 12.2 Å². The average molecular weight is 414 g/mol. The van der Waals surface area contributed by atoms with Crippen LogP contribution in [0.4, 0.5) is 23.7 Å². The predicted octanol–water partition coefficient (Wildman–Crippen LogP) is 1.82. The summed E-state index contributed by atoms with van der Waals surface area (Å²) in [4.78, 5) is 50.5. The number of halogens is 3. The van der Waals surface area contributed by atoms with Crippen molar-refractivity contribution in [1.29, 1.82) is 0 Å². The highest BCUT2D eigenvalue weighted by Gasteiger charge is 2.45. The van der Waals surface area contributed by atoms with Gasteiger partial charge in [-0.05, 0) is 32.9 Å². The number of carbonyl (C=O) groups is 4. The number of amides is 5. The number of hydrogen-bond acceptors (Lipinski definition) is 4. The van der Waals surface area contributed by atoms with E-state index < -0.39 is 59.8 Å². The highest BCUT2D eigenvalue weighted by atomic mass is 19.4. The van der Waals surface area contributed by atoms with Gasteiger partial charge in [-0.25, -0.2) is 4.79 Å². The van der Waals surface area contributed by atoms with E-state index in [-0.39, 0.29) is 6.54 Å². The molecule has 1 aromatic carbocycles. The lowest BCUT2D eigenvalue weighted by molar-refractivity contribution is -0.139. The number of para-hydroxylation sites is 1. The van der Waals surface area contributed by atoms with Crippen LogP contribution in [0.15, 0.2) is 24.3 Å². The Kier molecular flexibility index (Phi) is 6.19. The minimum atomic E-state index is -4.65. The lowest BCUT2D eigenvalue weighted by atomic mass is 10.1. The van der Waals surface area contributed by atoms with Crippen molar-refractivity contribution in [2.24, 2.45) is 0 Å². The van der Waals surface area contributed by atoms with Crippen LogP contribution >= 0.6 is 0 Å². The molecule has 0 saturated carbocycles. The van der Waals surface area contributed by atoms with E-state index >= 15 is 0 Å². The third-order valence-electron chi connectivity index (χ3n) is 4.31. The molecule has 0 atom stereocenters. The van der Waals surface area contributed by atoms with Gasteiger partial charge in [0.15, 0.2) is 0 Å². The molecule has 0 spiro atoms. The summed E-state index contributed by atoms with van der Waals surface area (Å²) in [5, 5.41) is 4.58. The Bertz CT molecular complexity index is 839. The second-order valence-electron chi connectivity index (χ2n) is 6.95. The smallest absolute Gasteiger partial charge is 0.332 e. The van der Waals surface area contributed by atoms with Crippen LogP contribution < -0.4 is 10.6 Å². The zero-order chi connectivity index (χ0) is 22.0. The standard InChI is InChI=1S/C18H21F3N4O4/c1-4-24(14(27)10-25-15(28)17(2,3)23-16(25)29)9-13(26)22-12-8-6-5-7-11(12)18(19,20)21/h5-8H,4,9-10H2,1-3H3,(H,22,26)(H,23,29). The highest BCUT2D eigenvalue weighted by molar-refractivity contribution is 6.08.